The number of hydrogen-bond donors (Lipinski definition) is 2. The number of carboxylic acid groups (broad SMARTS) is 1. The van der Waals surface area contributed by atoms with Crippen LogP contribution in [0.1, 0.15) is 41.6 Å². The lowest BCUT2D eigenvalue weighted by atomic mass is 9.78. The number of hydrogen-bond acceptors (Lipinski definition) is 6. The number of benzene rings is 1. The number of aryl methyl sites for hydroxylation is 1. The Morgan fingerprint density at radius 2 is 2.11 bits per heavy atom. The van der Waals surface area contributed by atoms with Gasteiger partial charge in [-0.05, 0) is 43.6 Å². The fourth-order valence-electron chi connectivity index (χ4n) is 3.90. The fraction of sp³-hybridized carbons (Fsp3) is 0.579. The van der Waals surface area contributed by atoms with Crippen molar-refractivity contribution in [1.29, 1.82) is 0 Å². The van der Waals surface area contributed by atoms with E-state index in [9.17, 15) is 19.7 Å². The number of amides is 1. The molecule has 3 aliphatic rings. The molecule has 150 valence electrons. The number of aromatic carboxylic acids is 1. The SMILES string of the molecule is O=C(O)c1c(OC2CN(C(=O)CC3CCCCO3)C2)ccc2c1OB(O)CC2. The van der Waals surface area contributed by atoms with Gasteiger partial charge in [0.1, 0.15) is 23.2 Å². The molecular formula is C19H24BNO7. The molecule has 0 aliphatic carbocycles. The molecule has 8 nitrogen and oxygen atoms in total. The van der Waals surface area contributed by atoms with Gasteiger partial charge in [-0.1, -0.05) is 6.07 Å². The lowest BCUT2D eigenvalue weighted by Crippen LogP contribution is -2.56. The molecule has 28 heavy (non-hydrogen) atoms. The van der Waals surface area contributed by atoms with Gasteiger partial charge in [0.25, 0.3) is 0 Å². The predicted molar refractivity (Wildman–Crippen MR) is 99.7 cm³/mol. The molecule has 0 aromatic heterocycles. The van der Waals surface area contributed by atoms with Crippen molar-refractivity contribution in [2.75, 3.05) is 19.7 Å². The van der Waals surface area contributed by atoms with Crippen LogP contribution in [0.4, 0.5) is 0 Å². The maximum absolute atomic E-state index is 12.3. The molecule has 4 rings (SSSR count). The second-order valence-corrected chi connectivity index (χ2v) is 7.57. The monoisotopic (exact) mass is 389 g/mol. The van der Waals surface area contributed by atoms with Gasteiger partial charge < -0.3 is 29.2 Å². The zero-order valence-corrected chi connectivity index (χ0v) is 15.6. The summed E-state index contributed by atoms with van der Waals surface area (Å²) < 4.78 is 16.8. The highest BCUT2D eigenvalue weighted by Gasteiger charge is 2.36. The van der Waals surface area contributed by atoms with E-state index in [4.69, 9.17) is 14.1 Å². The maximum Gasteiger partial charge on any atom is 0.522 e. The number of likely N-dealkylation sites (tertiary alicyclic amines) is 1. The van der Waals surface area contributed by atoms with Crippen molar-refractivity contribution in [3.05, 3.63) is 23.3 Å². The third kappa shape index (κ3) is 3.95. The molecule has 2 saturated heterocycles. The third-order valence-electron chi connectivity index (χ3n) is 5.50. The van der Waals surface area contributed by atoms with Gasteiger partial charge >= 0.3 is 13.1 Å². The second kappa shape index (κ2) is 8.01. The first kappa shape index (κ1) is 19.1. The summed E-state index contributed by atoms with van der Waals surface area (Å²) in [4.78, 5) is 25.8. The fourth-order valence-corrected chi connectivity index (χ4v) is 3.90. The van der Waals surface area contributed by atoms with Gasteiger partial charge in [-0.25, -0.2) is 4.79 Å². The highest BCUT2D eigenvalue weighted by atomic mass is 16.5. The molecular weight excluding hydrogens is 365 g/mol. The quantitative estimate of drug-likeness (QED) is 0.733. The topological polar surface area (TPSA) is 106 Å². The number of ether oxygens (including phenoxy) is 2. The molecule has 0 radical (unpaired) electrons. The molecule has 1 aromatic carbocycles. The Hall–Kier alpha value is -2.26. The summed E-state index contributed by atoms with van der Waals surface area (Å²) in [6, 6.07) is 3.40. The predicted octanol–water partition coefficient (Wildman–Crippen LogP) is 1.35. The number of fused-ring (bicyclic) bond motifs is 1. The van der Waals surface area contributed by atoms with Gasteiger partial charge in [-0.2, -0.15) is 0 Å². The van der Waals surface area contributed by atoms with Crippen LogP contribution < -0.4 is 9.39 Å². The zero-order chi connectivity index (χ0) is 19.7. The van der Waals surface area contributed by atoms with E-state index >= 15 is 0 Å². The van der Waals surface area contributed by atoms with Gasteiger partial charge in [-0.15, -0.1) is 0 Å². The molecule has 1 atom stereocenters. The van der Waals surface area contributed by atoms with Crippen LogP contribution in [0.5, 0.6) is 11.5 Å². The third-order valence-corrected chi connectivity index (χ3v) is 5.50. The first-order chi connectivity index (χ1) is 13.5. The van der Waals surface area contributed by atoms with Gasteiger partial charge in [0.05, 0.1) is 25.6 Å². The van der Waals surface area contributed by atoms with E-state index in [1.54, 1.807) is 17.0 Å². The number of nitrogens with zero attached hydrogens (tertiary/aromatic N) is 1. The minimum Gasteiger partial charge on any atom is -0.535 e. The summed E-state index contributed by atoms with van der Waals surface area (Å²) >= 11 is 0. The van der Waals surface area contributed by atoms with E-state index in [0.29, 0.717) is 32.3 Å². The van der Waals surface area contributed by atoms with Crippen LogP contribution in [0.2, 0.25) is 6.32 Å². The smallest absolute Gasteiger partial charge is 0.522 e. The molecule has 1 amide bonds. The Balaban J connectivity index is 1.37. The standard InChI is InChI=1S/C19H24BNO7/c22-16(9-13-3-1-2-8-26-13)21-10-14(11-21)27-15-5-4-12-6-7-20(25)28-18(12)17(15)19(23)24/h4-5,13-14,25H,1-3,6-11H2,(H,23,24). The van der Waals surface area contributed by atoms with Crippen molar-refractivity contribution in [3.63, 3.8) is 0 Å². The molecule has 1 aromatic rings. The number of carbonyl (C=O) groups is 2. The summed E-state index contributed by atoms with van der Waals surface area (Å²) in [6.45, 7) is 1.56. The van der Waals surface area contributed by atoms with Crippen LogP contribution in [-0.4, -0.2) is 65.9 Å². The minimum absolute atomic E-state index is 0.00375. The van der Waals surface area contributed by atoms with E-state index in [2.05, 4.69) is 0 Å². The Labute approximate surface area is 163 Å². The van der Waals surface area contributed by atoms with E-state index in [0.717, 1.165) is 31.4 Å². The molecule has 3 aliphatic heterocycles. The first-order valence-electron chi connectivity index (χ1n) is 9.81. The van der Waals surface area contributed by atoms with Gasteiger partial charge in [-0.3, -0.25) is 4.79 Å². The van der Waals surface area contributed by atoms with E-state index < -0.39 is 13.1 Å². The summed E-state index contributed by atoms with van der Waals surface area (Å²) in [7, 11) is -1.01. The van der Waals surface area contributed by atoms with Crippen LogP contribution in [0.3, 0.4) is 0 Å². The summed E-state index contributed by atoms with van der Waals surface area (Å²) in [6.07, 6.45) is 4.17. The van der Waals surface area contributed by atoms with Crippen molar-refractivity contribution < 1.29 is 33.8 Å². The van der Waals surface area contributed by atoms with Crippen LogP contribution >= 0.6 is 0 Å². The van der Waals surface area contributed by atoms with E-state index in [1.807, 2.05) is 0 Å². The van der Waals surface area contributed by atoms with Gasteiger partial charge in [0, 0.05) is 6.61 Å². The lowest BCUT2D eigenvalue weighted by molar-refractivity contribution is -0.143. The van der Waals surface area contributed by atoms with Crippen LogP contribution in [0.25, 0.3) is 0 Å². The van der Waals surface area contributed by atoms with E-state index in [-0.39, 0.29) is 35.2 Å². The summed E-state index contributed by atoms with van der Waals surface area (Å²) in [5, 5.41) is 19.3. The van der Waals surface area contributed by atoms with Crippen molar-refractivity contribution in [3.8, 4) is 11.5 Å². The van der Waals surface area contributed by atoms with Crippen molar-refractivity contribution in [1.82, 2.24) is 4.90 Å². The highest BCUT2D eigenvalue weighted by Crippen LogP contribution is 2.37. The number of rotatable bonds is 5. The Morgan fingerprint density at radius 1 is 1.29 bits per heavy atom. The van der Waals surface area contributed by atoms with Crippen LogP contribution in [0.15, 0.2) is 12.1 Å². The van der Waals surface area contributed by atoms with Crippen molar-refractivity contribution in [2.45, 2.75) is 50.6 Å². The average Bonchev–Trinajstić information content (AvgIpc) is 2.64. The molecule has 2 fully saturated rings. The number of carboxylic acids is 1. The van der Waals surface area contributed by atoms with Gasteiger partial charge in [0.2, 0.25) is 5.91 Å². The minimum atomic E-state index is -1.16. The van der Waals surface area contributed by atoms with Crippen LogP contribution in [0, 0.1) is 0 Å². The number of carbonyl (C=O) groups excluding carboxylic acids is 1. The van der Waals surface area contributed by atoms with Crippen molar-refractivity contribution >= 4 is 19.0 Å². The average molecular weight is 389 g/mol. The molecule has 1 unspecified atom stereocenters. The normalized spacial score (nSPS) is 22.1. The zero-order valence-electron chi connectivity index (χ0n) is 15.6. The Morgan fingerprint density at radius 3 is 2.82 bits per heavy atom. The largest absolute Gasteiger partial charge is 0.535 e. The summed E-state index contributed by atoms with van der Waals surface area (Å²) in [5.41, 5.74) is 0.671. The second-order valence-electron chi connectivity index (χ2n) is 7.57. The Bertz CT molecular complexity index is 759. The van der Waals surface area contributed by atoms with E-state index in [1.165, 1.54) is 0 Å². The molecule has 0 spiro atoms. The highest BCUT2D eigenvalue weighted by molar-refractivity contribution is 6.44. The van der Waals surface area contributed by atoms with Gasteiger partial charge in [0.15, 0.2) is 0 Å². The van der Waals surface area contributed by atoms with Crippen molar-refractivity contribution in [2.24, 2.45) is 0 Å². The summed E-state index contributed by atoms with van der Waals surface area (Å²) in [5.74, 6) is -0.747. The molecule has 3 heterocycles. The molecule has 0 saturated carbocycles. The Kier molecular flexibility index (Phi) is 5.46. The molecule has 2 N–H and O–H groups in total. The molecule has 0 bridgehead atoms. The van der Waals surface area contributed by atoms with Crippen LogP contribution in [-0.2, 0) is 16.0 Å². The maximum atomic E-state index is 12.3. The lowest BCUT2D eigenvalue weighted by Gasteiger charge is -2.40. The first-order valence-corrected chi connectivity index (χ1v) is 9.81. The molecule has 9 heteroatoms.